The van der Waals surface area contributed by atoms with Crippen molar-refractivity contribution in [1.82, 2.24) is 20.0 Å². The highest BCUT2D eigenvalue weighted by molar-refractivity contribution is 5.06. The molecule has 6 unspecified atom stereocenters. The van der Waals surface area contributed by atoms with Gasteiger partial charge in [-0.25, -0.2) is 20.0 Å². The van der Waals surface area contributed by atoms with Crippen LogP contribution in [0.15, 0.2) is 0 Å². The molecule has 4 heteroatoms. The Balaban J connectivity index is 1.84. The predicted octanol–water partition coefficient (Wildman–Crippen LogP) is -1.31. The molecule has 4 heterocycles. The van der Waals surface area contributed by atoms with Crippen molar-refractivity contribution >= 4 is 0 Å². The maximum Gasteiger partial charge on any atom is 0.105 e. The van der Waals surface area contributed by atoms with Crippen molar-refractivity contribution < 1.29 is 0 Å². The summed E-state index contributed by atoms with van der Waals surface area (Å²) in [5, 5.41) is 9.81. The lowest BCUT2D eigenvalue weighted by molar-refractivity contribution is 0.0700. The van der Waals surface area contributed by atoms with Gasteiger partial charge in [0.2, 0.25) is 0 Å². The van der Waals surface area contributed by atoms with Crippen LogP contribution in [0.2, 0.25) is 0 Å². The summed E-state index contributed by atoms with van der Waals surface area (Å²) in [7, 11) is 0. The zero-order valence-corrected chi connectivity index (χ0v) is 5.06. The molecule has 9 heavy (non-hydrogen) atoms. The molecule has 0 aromatic heterocycles. The molecule has 4 rings (SSSR count). The molecule has 0 saturated carbocycles. The molecule has 48 valence electrons. The second-order valence-electron chi connectivity index (χ2n) is 3.23. The minimum absolute atomic E-state index is 0.781. The Morgan fingerprint density at radius 3 is 1.89 bits per heavy atom. The van der Waals surface area contributed by atoms with Crippen LogP contribution in [-0.4, -0.2) is 52.1 Å². The van der Waals surface area contributed by atoms with Crippen LogP contribution in [0.4, 0.5) is 0 Å². The second kappa shape index (κ2) is 0.845. The largest absolute Gasteiger partial charge is 0.217 e. The van der Waals surface area contributed by atoms with Crippen molar-refractivity contribution in [2.45, 2.75) is 12.3 Å². The molecule has 0 aliphatic carbocycles. The summed E-state index contributed by atoms with van der Waals surface area (Å²) in [6.07, 6.45) is 1.56. The first-order valence-corrected chi connectivity index (χ1v) is 3.51. The number of hydrogen-bond acceptors (Lipinski definition) is 4. The summed E-state index contributed by atoms with van der Waals surface area (Å²) >= 11 is 0. The first-order valence-electron chi connectivity index (χ1n) is 3.51. The zero-order valence-electron chi connectivity index (χ0n) is 5.06. The molecule has 4 aliphatic heterocycles. The second-order valence-corrected chi connectivity index (χ2v) is 3.23. The van der Waals surface area contributed by atoms with Gasteiger partial charge >= 0.3 is 0 Å². The Morgan fingerprint density at radius 2 is 1.33 bits per heavy atom. The molecule has 0 N–H and O–H groups in total. The molecular weight excluding hydrogens is 116 g/mol. The lowest BCUT2D eigenvalue weighted by Crippen LogP contribution is -2.28. The lowest BCUT2D eigenvalue weighted by atomic mass is 10.7. The van der Waals surface area contributed by atoms with Gasteiger partial charge in [0.05, 0.1) is 6.67 Å². The van der Waals surface area contributed by atoms with Crippen molar-refractivity contribution in [2.75, 3.05) is 19.8 Å². The molecule has 0 spiro atoms. The summed E-state index contributed by atoms with van der Waals surface area (Å²) in [4.78, 5) is 0. The number of hydrogen-bond donors (Lipinski definition) is 0. The van der Waals surface area contributed by atoms with Gasteiger partial charge < -0.3 is 0 Å². The molecule has 4 nitrogen and oxygen atoms in total. The van der Waals surface area contributed by atoms with Crippen LogP contribution in [0.1, 0.15) is 0 Å². The number of hydrazine groups is 2. The average Bonchev–Trinajstić information content (AvgIpc) is 2.64. The fraction of sp³-hybridized carbons (Fsp3) is 1.00. The quantitative estimate of drug-likeness (QED) is 0.371. The van der Waals surface area contributed by atoms with Crippen molar-refractivity contribution in [3.63, 3.8) is 0 Å². The fourth-order valence-electron chi connectivity index (χ4n) is 1.94. The SMILES string of the molecule is C1C2N1N1CC1N1CN21. The smallest absolute Gasteiger partial charge is 0.105 e. The first-order chi connectivity index (χ1) is 4.45. The van der Waals surface area contributed by atoms with Gasteiger partial charge in [-0.05, 0) is 0 Å². The molecule has 4 saturated heterocycles. The van der Waals surface area contributed by atoms with E-state index in [2.05, 4.69) is 20.0 Å². The lowest BCUT2D eigenvalue weighted by Gasteiger charge is -2.11. The molecule has 0 amide bonds. The van der Waals surface area contributed by atoms with E-state index in [1.54, 1.807) is 0 Å². The van der Waals surface area contributed by atoms with Crippen molar-refractivity contribution in [1.29, 1.82) is 0 Å². The van der Waals surface area contributed by atoms with Gasteiger partial charge in [0, 0.05) is 13.1 Å². The van der Waals surface area contributed by atoms with E-state index in [-0.39, 0.29) is 0 Å². The highest BCUT2D eigenvalue weighted by Crippen LogP contribution is 2.47. The summed E-state index contributed by atoms with van der Waals surface area (Å²) in [5.41, 5.74) is 0. The van der Waals surface area contributed by atoms with Crippen LogP contribution in [-0.2, 0) is 0 Å². The zero-order chi connectivity index (χ0) is 5.59. The Kier molecular flexibility index (Phi) is 0.364. The van der Waals surface area contributed by atoms with Crippen molar-refractivity contribution in [2.24, 2.45) is 0 Å². The van der Waals surface area contributed by atoms with Crippen LogP contribution in [0, 0.1) is 0 Å². The Hall–Kier alpha value is -0.160. The minimum Gasteiger partial charge on any atom is -0.217 e. The molecular formula is C5H8N4. The number of rotatable bonds is 0. The van der Waals surface area contributed by atoms with Crippen LogP contribution in [0.25, 0.3) is 0 Å². The van der Waals surface area contributed by atoms with Crippen molar-refractivity contribution in [3.05, 3.63) is 0 Å². The first kappa shape index (κ1) is 3.88. The Bertz CT molecular complexity index is 130. The highest BCUT2D eigenvalue weighted by atomic mass is 16.1. The van der Waals surface area contributed by atoms with Crippen LogP contribution in [0.3, 0.4) is 0 Å². The van der Waals surface area contributed by atoms with E-state index >= 15 is 0 Å². The van der Waals surface area contributed by atoms with Gasteiger partial charge in [0.25, 0.3) is 0 Å². The molecule has 0 aromatic carbocycles. The topological polar surface area (TPSA) is 12.0 Å². The van der Waals surface area contributed by atoms with E-state index in [0.717, 1.165) is 12.3 Å². The highest BCUT2D eigenvalue weighted by Gasteiger charge is 2.67. The summed E-state index contributed by atoms with van der Waals surface area (Å²) in [5.74, 6) is 0. The maximum absolute atomic E-state index is 2.45. The summed E-state index contributed by atoms with van der Waals surface area (Å²) in [6, 6.07) is 0. The molecule has 4 fully saturated rings. The van der Waals surface area contributed by atoms with E-state index in [0.29, 0.717) is 0 Å². The molecule has 4 aliphatic rings. The Morgan fingerprint density at radius 1 is 0.778 bits per heavy atom. The minimum atomic E-state index is 0.781. The normalized spacial score (nSPS) is 80.0. The summed E-state index contributed by atoms with van der Waals surface area (Å²) < 4.78 is 0. The number of fused-ring (bicyclic) bond motifs is 6. The van der Waals surface area contributed by atoms with E-state index in [1.165, 1.54) is 19.8 Å². The average molecular weight is 124 g/mol. The van der Waals surface area contributed by atoms with Gasteiger partial charge in [-0.1, -0.05) is 0 Å². The van der Waals surface area contributed by atoms with Crippen molar-refractivity contribution in [3.8, 4) is 0 Å². The maximum atomic E-state index is 2.45. The number of nitrogens with zero attached hydrogens (tertiary/aromatic N) is 4. The van der Waals surface area contributed by atoms with E-state index in [9.17, 15) is 0 Å². The van der Waals surface area contributed by atoms with Gasteiger partial charge in [-0.2, -0.15) is 0 Å². The molecule has 6 atom stereocenters. The monoisotopic (exact) mass is 124 g/mol. The van der Waals surface area contributed by atoms with E-state index in [4.69, 9.17) is 0 Å². The van der Waals surface area contributed by atoms with Gasteiger partial charge in [-0.3, -0.25) is 0 Å². The predicted molar refractivity (Wildman–Crippen MR) is 29.5 cm³/mol. The summed E-state index contributed by atoms with van der Waals surface area (Å²) in [6.45, 7) is 3.79. The standard InChI is InChI=1S/C5H8N4/c1-4-6(1)7-2-5(7)9-3-8(4)9/h4-5H,1-3H2. The molecule has 0 bridgehead atoms. The van der Waals surface area contributed by atoms with Gasteiger partial charge in [0.15, 0.2) is 0 Å². The fourth-order valence-corrected chi connectivity index (χ4v) is 1.94. The van der Waals surface area contributed by atoms with Gasteiger partial charge in [-0.15, -0.1) is 0 Å². The van der Waals surface area contributed by atoms with Crippen LogP contribution in [0.5, 0.6) is 0 Å². The molecule has 0 aromatic rings. The van der Waals surface area contributed by atoms with Gasteiger partial charge in [0.1, 0.15) is 12.3 Å². The van der Waals surface area contributed by atoms with E-state index in [1.807, 2.05) is 0 Å². The third kappa shape index (κ3) is 0.300. The Labute approximate surface area is 53.2 Å². The van der Waals surface area contributed by atoms with Crippen LogP contribution >= 0.6 is 0 Å². The third-order valence-electron chi connectivity index (χ3n) is 2.67. The van der Waals surface area contributed by atoms with Crippen LogP contribution < -0.4 is 0 Å². The molecule has 0 radical (unpaired) electrons. The van der Waals surface area contributed by atoms with E-state index < -0.39 is 0 Å². The third-order valence-corrected chi connectivity index (χ3v) is 2.67.